The third-order valence-corrected chi connectivity index (χ3v) is 5.26. The maximum absolute atomic E-state index is 12.5. The molecule has 1 fully saturated rings. The smallest absolute Gasteiger partial charge is 0.408 e. The number of anilines is 2. The Morgan fingerprint density at radius 1 is 1.21 bits per heavy atom. The SMILES string of the molecule is N#Cc1cc(N2CCN(C(=O)CNc3ccc4[nH]c(=O)oc4c3)CC2)ccc1Cl. The zero-order valence-corrected chi connectivity index (χ0v) is 16.2. The molecule has 1 aromatic heterocycles. The Bertz CT molecular complexity index is 1150. The van der Waals surface area contributed by atoms with Crippen molar-refractivity contribution in [3.05, 3.63) is 57.5 Å². The first-order chi connectivity index (χ1) is 14.0. The van der Waals surface area contributed by atoms with Crippen LogP contribution in [0.25, 0.3) is 11.1 Å². The Kier molecular flexibility index (Phi) is 5.14. The van der Waals surface area contributed by atoms with E-state index >= 15 is 0 Å². The maximum atomic E-state index is 12.5. The highest BCUT2D eigenvalue weighted by Gasteiger charge is 2.21. The van der Waals surface area contributed by atoms with Crippen LogP contribution in [-0.4, -0.2) is 48.5 Å². The zero-order valence-electron chi connectivity index (χ0n) is 15.4. The summed E-state index contributed by atoms with van der Waals surface area (Å²) >= 11 is 5.99. The number of rotatable bonds is 4. The minimum Gasteiger partial charge on any atom is -0.408 e. The minimum absolute atomic E-state index is 0.00547. The number of nitriles is 1. The highest BCUT2D eigenvalue weighted by molar-refractivity contribution is 6.31. The molecule has 2 aromatic carbocycles. The average Bonchev–Trinajstić information content (AvgIpc) is 3.11. The van der Waals surface area contributed by atoms with Gasteiger partial charge in [0.2, 0.25) is 5.91 Å². The second-order valence-corrected chi connectivity index (χ2v) is 7.13. The maximum Gasteiger partial charge on any atom is 0.417 e. The molecule has 8 nitrogen and oxygen atoms in total. The van der Waals surface area contributed by atoms with E-state index in [1.165, 1.54) is 0 Å². The van der Waals surface area contributed by atoms with E-state index in [0.29, 0.717) is 53.6 Å². The molecule has 3 aromatic rings. The summed E-state index contributed by atoms with van der Waals surface area (Å²) in [6.45, 7) is 2.70. The molecule has 1 amide bonds. The third-order valence-electron chi connectivity index (χ3n) is 4.93. The number of hydrogen-bond donors (Lipinski definition) is 2. The van der Waals surface area contributed by atoms with Crippen LogP contribution in [0.2, 0.25) is 5.02 Å². The van der Waals surface area contributed by atoms with Crippen LogP contribution in [0, 0.1) is 11.3 Å². The highest BCUT2D eigenvalue weighted by atomic mass is 35.5. The fraction of sp³-hybridized carbons (Fsp3) is 0.250. The first-order valence-electron chi connectivity index (χ1n) is 9.12. The summed E-state index contributed by atoms with van der Waals surface area (Å²) in [7, 11) is 0. The van der Waals surface area contributed by atoms with E-state index in [-0.39, 0.29) is 12.5 Å². The third kappa shape index (κ3) is 4.05. The van der Waals surface area contributed by atoms with Crippen molar-refractivity contribution in [2.75, 3.05) is 42.9 Å². The number of carbonyl (C=O) groups is 1. The van der Waals surface area contributed by atoms with Crippen LogP contribution in [0.4, 0.5) is 11.4 Å². The molecule has 0 saturated carbocycles. The van der Waals surface area contributed by atoms with E-state index in [0.717, 1.165) is 5.69 Å². The summed E-state index contributed by atoms with van der Waals surface area (Å²) in [5.41, 5.74) is 3.14. The lowest BCUT2D eigenvalue weighted by atomic mass is 10.2. The zero-order chi connectivity index (χ0) is 20.4. The summed E-state index contributed by atoms with van der Waals surface area (Å²) < 4.78 is 5.03. The van der Waals surface area contributed by atoms with E-state index in [2.05, 4.69) is 21.3 Å². The Hall–Kier alpha value is -3.44. The molecule has 2 N–H and O–H groups in total. The Balaban J connectivity index is 1.32. The predicted molar refractivity (Wildman–Crippen MR) is 110 cm³/mol. The molecular formula is C20H18ClN5O3. The molecule has 1 saturated heterocycles. The van der Waals surface area contributed by atoms with E-state index in [9.17, 15) is 9.59 Å². The minimum atomic E-state index is -0.506. The number of nitrogens with one attached hydrogen (secondary N) is 2. The van der Waals surface area contributed by atoms with Crippen LogP contribution >= 0.6 is 11.6 Å². The van der Waals surface area contributed by atoms with Gasteiger partial charge in [-0.25, -0.2) is 4.79 Å². The number of H-pyrrole nitrogens is 1. The molecule has 1 aliphatic rings. The van der Waals surface area contributed by atoms with Gasteiger partial charge in [0.05, 0.1) is 22.6 Å². The van der Waals surface area contributed by atoms with E-state index < -0.39 is 5.76 Å². The lowest BCUT2D eigenvalue weighted by molar-refractivity contribution is -0.129. The van der Waals surface area contributed by atoms with Crippen molar-refractivity contribution in [1.82, 2.24) is 9.88 Å². The number of oxazole rings is 1. The quantitative estimate of drug-likeness (QED) is 0.683. The molecule has 0 spiro atoms. The van der Waals surface area contributed by atoms with Gasteiger partial charge in [-0.05, 0) is 30.3 Å². The number of hydrogen-bond acceptors (Lipinski definition) is 6. The Labute approximate surface area is 171 Å². The molecule has 2 heterocycles. The van der Waals surface area contributed by atoms with Gasteiger partial charge in [0.1, 0.15) is 6.07 Å². The molecule has 0 atom stereocenters. The summed E-state index contributed by atoms with van der Waals surface area (Å²) in [6.07, 6.45) is 0. The first-order valence-corrected chi connectivity index (χ1v) is 9.50. The monoisotopic (exact) mass is 411 g/mol. The summed E-state index contributed by atoms with van der Waals surface area (Å²) in [5.74, 6) is -0.511. The molecule has 148 valence electrons. The number of aromatic nitrogens is 1. The van der Waals surface area contributed by atoms with Crippen LogP contribution in [0.15, 0.2) is 45.6 Å². The standard InChI is InChI=1S/C20H18ClN5O3/c21-16-3-2-15(9-13(16)11-22)25-5-7-26(8-6-25)19(27)12-23-14-1-4-17-18(10-14)29-20(28)24-17/h1-4,9-10,23H,5-8,12H2,(H,24,28). The van der Waals surface area contributed by atoms with E-state index in [1.54, 1.807) is 35.2 Å². The van der Waals surface area contributed by atoms with Gasteiger partial charge in [0, 0.05) is 43.6 Å². The molecule has 0 unspecified atom stereocenters. The first kappa shape index (κ1) is 18.9. The van der Waals surface area contributed by atoms with Gasteiger partial charge in [-0.1, -0.05) is 11.6 Å². The molecule has 29 heavy (non-hydrogen) atoms. The normalized spacial score (nSPS) is 14.1. The number of fused-ring (bicyclic) bond motifs is 1. The van der Waals surface area contributed by atoms with Gasteiger partial charge in [-0.3, -0.25) is 9.78 Å². The molecule has 0 bridgehead atoms. The largest absolute Gasteiger partial charge is 0.417 e. The Morgan fingerprint density at radius 2 is 2.00 bits per heavy atom. The lowest BCUT2D eigenvalue weighted by Crippen LogP contribution is -2.50. The van der Waals surface area contributed by atoms with Gasteiger partial charge in [-0.2, -0.15) is 5.26 Å². The van der Waals surface area contributed by atoms with Crippen molar-refractivity contribution in [3.8, 4) is 6.07 Å². The van der Waals surface area contributed by atoms with Crippen molar-refractivity contribution in [3.63, 3.8) is 0 Å². The van der Waals surface area contributed by atoms with Crippen LogP contribution in [0.5, 0.6) is 0 Å². The summed E-state index contributed by atoms with van der Waals surface area (Å²) in [6, 6.07) is 12.7. The molecule has 1 aliphatic heterocycles. The number of aromatic amines is 1. The van der Waals surface area contributed by atoms with Crippen LogP contribution in [0.3, 0.4) is 0 Å². The van der Waals surface area contributed by atoms with Gasteiger partial charge in [0.25, 0.3) is 0 Å². The molecule has 9 heteroatoms. The number of amides is 1. The topological polar surface area (TPSA) is 105 Å². The summed E-state index contributed by atoms with van der Waals surface area (Å²) in [4.78, 5) is 30.3. The number of piperazine rings is 1. The van der Waals surface area contributed by atoms with E-state index in [1.807, 2.05) is 6.07 Å². The molecular weight excluding hydrogens is 394 g/mol. The fourth-order valence-corrected chi connectivity index (χ4v) is 3.51. The van der Waals surface area contributed by atoms with Crippen molar-refractivity contribution < 1.29 is 9.21 Å². The second-order valence-electron chi connectivity index (χ2n) is 6.72. The number of benzene rings is 2. The second kappa shape index (κ2) is 7.89. The summed E-state index contributed by atoms with van der Waals surface area (Å²) in [5, 5.41) is 12.6. The van der Waals surface area contributed by atoms with E-state index in [4.69, 9.17) is 21.3 Å². The Morgan fingerprint density at radius 3 is 2.76 bits per heavy atom. The number of carbonyl (C=O) groups excluding carboxylic acids is 1. The number of halogens is 1. The van der Waals surface area contributed by atoms with Gasteiger partial charge >= 0.3 is 5.76 Å². The van der Waals surface area contributed by atoms with Crippen molar-refractivity contribution >= 4 is 40.0 Å². The predicted octanol–water partition coefficient (Wildman–Crippen LogP) is 2.41. The van der Waals surface area contributed by atoms with Gasteiger partial charge < -0.3 is 19.5 Å². The average molecular weight is 412 g/mol. The van der Waals surface area contributed by atoms with Crippen molar-refractivity contribution in [2.45, 2.75) is 0 Å². The highest BCUT2D eigenvalue weighted by Crippen LogP contribution is 2.23. The van der Waals surface area contributed by atoms with Gasteiger partial charge in [0.15, 0.2) is 5.58 Å². The lowest BCUT2D eigenvalue weighted by Gasteiger charge is -2.36. The van der Waals surface area contributed by atoms with Crippen molar-refractivity contribution in [2.24, 2.45) is 0 Å². The number of nitrogens with zero attached hydrogens (tertiary/aromatic N) is 3. The molecule has 0 aliphatic carbocycles. The van der Waals surface area contributed by atoms with Crippen LogP contribution < -0.4 is 16.0 Å². The fourth-order valence-electron chi connectivity index (χ4n) is 3.35. The van der Waals surface area contributed by atoms with Crippen molar-refractivity contribution in [1.29, 1.82) is 5.26 Å². The van der Waals surface area contributed by atoms with Crippen LogP contribution in [0.1, 0.15) is 5.56 Å². The molecule has 0 radical (unpaired) electrons. The van der Waals surface area contributed by atoms with Crippen LogP contribution in [-0.2, 0) is 4.79 Å². The molecule has 4 rings (SSSR count). The van der Waals surface area contributed by atoms with Gasteiger partial charge in [-0.15, -0.1) is 0 Å².